The average Bonchev–Trinajstić information content (AvgIpc) is 1.90. The van der Waals surface area contributed by atoms with Crippen LogP contribution in [0, 0.1) is 5.92 Å². The minimum atomic E-state index is -0.165. The van der Waals surface area contributed by atoms with E-state index in [0.29, 0.717) is 0 Å². The molecule has 0 aliphatic carbocycles. The minimum Gasteiger partial charge on any atom is -0.369 e. The summed E-state index contributed by atoms with van der Waals surface area (Å²) in [6, 6.07) is 0. The van der Waals surface area contributed by atoms with Crippen LogP contribution in [-0.4, -0.2) is 19.0 Å². The Kier molecular flexibility index (Phi) is 4.40. The molecule has 3 nitrogen and oxygen atoms in total. The molecular weight excluding hydrogens is 152 g/mol. The highest BCUT2D eigenvalue weighted by molar-refractivity contribution is 5.85. The number of halogens is 1. The fourth-order valence-electron chi connectivity index (χ4n) is 1.09. The van der Waals surface area contributed by atoms with E-state index in [1.165, 1.54) is 0 Å². The summed E-state index contributed by atoms with van der Waals surface area (Å²) in [6.45, 7) is 1.80. The summed E-state index contributed by atoms with van der Waals surface area (Å²) in [5.41, 5.74) is 5.09. The number of nitrogens with one attached hydrogen (secondary N) is 1. The maximum Gasteiger partial charge on any atom is 0.221 e. The molecule has 1 amide bonds. The molecule has 3 N–H and O–H groups in total. The van der Waals surface area contributed by atoms with Crippen LogP contribution in [0.3, 0.4) is 0 Å². The van der Waals surface area contributed by atoms with Crippen LogP contribution in [-0.2, 0) is 4.79 Å². The number of amides is 1. The number of hydrogen-bond acceptors (Lipinski definition) is 2. The van der Waals surface area contributed by atoms with Gasteiger partial charge in [0.15, 0.2) is 0 Å². The maximum atomic E-state index is 10.5. The maximum absolute atomic E-state index is 10.5. The second-order valence-electron chi connectivity index (χ2n) is 2.45. The third-order valence-electron chi connectivity index (χ3n) is 1.70. The summed E-state index contributed by atoms with van der Waals surface area (Å²) in [5, 5.41) is 3.12. The molecule has 1 fully saturated rings. The van der Waals surface area contributed by atoms with E-state index < -0.39 is 0 Å². The van der Waals surface area contributed by atoms with E-state index in [1.54, 1.807) is 0 Å². The Balaban J connectivity index is 0.000000810. The SMILES string of the molecule is Cl.NC(=O)C1CCCNC1. The standard InChI is InChI=1S/C6H12N2O.ClH/c7-6(9)5-2-1-3-8-4-5;/h5,8H,1-4H2,(H2,7,9);1H. The van der Waals surface area contributed by atoms with Crippen molar-refractivity contribution < 1.29 is 4.79 Å². The number of carbonyl (C=O) groups excluding carboxylic acids is 1. The van der Waals surface area contributed by atoms with Crippen LogP contribution in [0.2, 0.25) is 0 Å². The monoisotopic (exact) mass is 164 g/mol. The molecule has 1 aliphatic rings. The Morgan fingerprint density at radius 1 is 1.60 bits per heavy atom. The first-order valence-corrected chi connectivity index (χ1v) is 3.31. The molecular formula is C6H13ClN2O. The summed E-state index contributed by atoms with van der Waals surface area (Å²) in [4.78, 5) is 10.5. The molecule has 1 aliphatic heterocycles. The second-order valence-corrected chi connectivity index (χ2v) is 2.45. The Bertz CT molecular complexity index is 112. The first kappa shape index (κ1) is 9.72. The van der Waals surface area contributed by atoms with Crippen molar-refractivity contribution in [3.8, 4) is 0 Å². The van der Waals surface area contributed by atoms with Gasteiger partial charge < -0.3 is 11.1 Å². The van der Waals surface area contributed by atoms with E-state index in [0.717, 1.165) is 25.9 Å². The molecule has 10 heavy (non-hydrogen) atoms. The van der Waals surface area contributed by atoms with Gasteiger partial charge >= 0.3 is 0 Å². The number of rotatable bonds is 1. The second kappa shape index (κ2) is 4.52. The van der Waals surface area contributed by atoms with Gasteiger partial charge in [0.1, 0.15) is 0 Å². The van der Waals surface area contributed by atoms with Gasteiger partial charge in [-0.3, -0.25) is 4.79 Å². The van der Waals surface area contributed by atoms with E-state index in [4.69, 9.17) is 5.73 Å². The van der Waals surface area contributed by atoms with Gasteiger partial charge in [-0.25, -0.2) is 0 Å². The van der Waals surface area contributed by atoms with Gasteiger partial charge in [0, 0.05) is 6.54 Å². The van der Waals surface area contributed by atoms with E-state index in [1.807, 2.05) is 0 Å². The van der Waals surface area contributed by atoms with Crippen molar-refractivity contribution >= 4 is 18.3 Å². The lowest BCUT2D eigenvalue weighted by atomic mass is 9.99. The molecule has 0 saturated carbocycles. The quantitative estimate of drug-likeness (QED) is 0.569. The van der Waals surface area contributed by atoms with Gasteiger partial charge in [-0.2, -0.15) is 0 Å². The largest absolute Gasteiger partial charge is 0.369 e. The Labute approximate surface area is 66.8 Å². The van der Waals surface area contributed by atoms with Gasteiger partial charge in [-0.15, -0.1) is 12.4 Å². The number of hydrogen-bond donors (Lipinski definition) is 2. The molecule has 1 heterocycles. The zero-order valence-corrected chi connectivity index (χ0v) is 6.62. The lowest BCUT2D eigenvalue weighted by molar-refractivity contribution is -0.122. The molecule has 4 heteroatoms. The molecule has 1 rings (SSSR count). The summed E-state index contributed by atoms with van der Waals surface area (Å²) in [5.74, 6) is -0.0825. The molecule has 0 spiro atoms. The molecule has 60 valence electrons. The molecule has 0 aromatic heterocycles. The number of primary amides is 1. The van der Waals surface area contributed by atoms with Crippen LogP contribution in [0.15, 0.2) is 0 Å². The lowest BCUT2D eigenvalue weighted by Crippen LogP contribution is -2.37. The topological polar surface area (TPSA) is 55.1 Å². The smallest absolute Gasteiger partial charge is 0.221 e. The molecule has 1 saturated heterocycles. The number of piperidine rings is 1. The van der Waals surface area contributed by atoms with Crippen molar-refractivity contribution in [2.24, 2.45) is 11.7 Å². The van der Waals surface area contributed by atoms with Crippen LogP contribution in [0.1, 0.15) is 12.8 Å². The van der Waals surface area contributed by atoms with Crippen molar-refractivity contribution in [3.63, 3.8) is 0 Å². The summed E-state index contributed by atoms with van der Waals surface area (Å²) in [6.07, 6.45) is 2.04. The fraction of sp³-hybridized carbons (Fsp3) is 0.833. The van der Waals surface area contributed by atoms with Crippen molar-refractivity contribution in [1.29, 1.82) is 0 Å². The highest BCUT2D eigenvalue weighted by Crippen LogP contribution is 2.07. The molecule has 0 bridgehead atoms. The van der Waals surface area contributed by atoms with Crippen molar-refractivity contribution in [3.05, 3.63) is 0 Å². The molecule has 0 aromatic carbocycles. The van der Waals surface area contributed by atoms with E-state index in [2.05, 4.69) is 5.32 Å². The van der Waals surface area contributed by atoms with Gasteiger partial charge in [0.25, 0.3) is 0 Å². The molecule has 0 radical (unpaired) electrons. The van der Waals surface area contributed by atoms with E-state index >= 15 is 0 Å². The van der Waals surface area contributed by atoms with Crippen LogP contribution in [0.5, 0.6) is 0 Å². The van der Waals surface area contributed by atoms with E-state index in [-0.39, 0.29) is 24.2 Å². The molecule has 1 atom stereocenters. The van der Waals surface area contributed by atoms with Crippen LogP contribution >= 0.6 is 12.4 Å². The van der Waals surface area contributed by atoms with Crippen molar-refractivity contribution in [2.45, 2.75) is 12.8 Å². The number of nitrogens with two attached hydrogens (primary N) is 1. The van der Waals surface area contributed by atoms with Gasteiger partial charge in [-0.05, 0) is 19.4 Å². The van der Waals surface area contributed by atoms with Crippen LogP contribution < -0.4 is 11.1 Å². The van der Waals surface area contributed by atoms with Crippen molar-refractivity contribution in [1.82, 2.24) is 5.32 Å². The first-order valence-electron chi connectivity index (χ1n) is 3.31. The highest BCUT2D eigenvalue weighted by Gasteiger charge is 2.17. The molecule has 0 aromatic rings. The van der Waals surface area contributed by atoms with Crippen LogP contribution in [0.25, 0.3) is 0 Å². The summed E-state index contributed by atoms with van der Waals surface area (Å²) in [7, 11) is 0. The fourth-order valence-corrected chi connectivity index (χ4v) is 1.09. The third-order valence-corrected chi connectivity index (χ3v) is 1.70. The molecule has 1 unspecified atom stereocenters. The Hall–Kier alpha value is -0.280. The average molecular weight is 165 g/mol. The first-order chi connectivity index (χ1) is 4.30. The number of carbonyl (C=O) groups is 1. The minimum absolute atomic E-state index is 0. The van der Waals surface area contributed by atoms with Gasteiger partial charge in [0.05, 0.1) is 5.92 Å². The van der Waals surface area contributed by atoms with Crippen LogP contribution in [0.4, 0.5) is 0 Å². The zero-order chi connectivity index (χ0) is 6.69. The van der Waals surface area contributed by atoms with Gasteiger partial charge in [0.2, 0.25) is 5.91 Å². The zero-order valence-electron chi connectivity index (χ0n) is 5.80. The third kappa shape index (κ3) is 2.54. The highest BCUT2D eigenvalue weighted by atomic mass is 35.5. The Morgan fingerprint density at radius 2 is 2.30 bits per heavy atom. The summed E-state index contributed by atoms with van der Waals surface area (Å²) >= 11 is 0. The predicted molar refractivity (Wildman–Crippen MR) is 42.0 cm³/mol. The normalized spacial score (nSPS) is 25.0. The lowest BCUT2D eigenvalue weighted by Gasteiger charge is -2.18. The van der Waals surface area contributed by atoms with Gasteiger partial charge in [-0.1, -0.05) is 0 Å². The predicted octanol–water partition coefficient (Wildman–Crippen LogP) is -0.107. The Morgan fingerprint density at radius 3 is 2.60 bits per heavy atom. The summed E-state index contributed by atoms with van der Waals surface area (Å²) < 4.78 is 0. The van der Waals surface area contributed by atoms with Crippen molar-refractivity contribution in [2.75, 3.05) is 13.1 Å². The van der Waals surface area contributed by atoms with E-state index in [9.17, 15) is 4.79 Å².